The van der Waals surface area contributed by atoms with Crippen LogP contribution in [0.3, 0.4) is 0 Å². The largest absolute Gasteiger partial charge is 0.508 e. The highest BCUT2D eigenvalue weighted by Crippen LogP contribution is 2.40. The Morgan fingerprint density at radius 3 is 2.56 bits per heavy atom. The summed E-state index contributed by atoms with van der Waals surface area (Å²) in [6, 6.07) is 3.53. The number of allylic oxidation sites excluding steroid dienone is 2. The van der Waals surface area contributed by atoms with Crippen molar-refractivity contribution in [1.29, 1.82) is 0 Å². The Kier molecular flexibility index (Phi) is 8.98. The summed E-state index contributed by atoms with van der Waals surface area (Å²) in [5.74, 6) is 1.17. The van der Waals surface area contributed by atoms with Crippen LogP contribution >= 0.6 is 0 Å². The summed E-state index contributed by atoms with van der Waals surface area (Å²) >= 11 is 0. The average molecular weight is 447 g/mol. The fourth-order valence-corrected chi connectivity index (χ4v) is 4.43. The molecule has 1 aliphatic rings. The van der Waals surface area contributed by atoms with Crippen molar-refractivity contribution in [1.82, 2.24) is 0 Å². The van der Waals surface area contributed by atoms with Gasteiger partial charge in [-0.05, 0) is 115 Å². The average Bonchev–Trinajstić information content (AvgIpc) is 2.67. The van der Waals surface area contributed by atoms with E-state index in [1.54, 1.807) is 18.2 Å². The number of rotatable bonds is 10. The molecule has 180 valence electrons. The van der Waals surface area contributed by atoms with Crippen molar-refractivity contribution in [3.63, 3.8) is 0 Å². The second-order valence-corrected chi connectivity index (χ2v) is 10.3. The number of benzene rings is 1. The van der Waals surface area contributed by atoms with Gasteiger partial charge in [0.1, 0.15) is 29.3 Å². The van der Waals surface area contributed by atoms with Crippen LogP contribution in [0.5, 0.6) is 11.5 Å². The summed E-state index contributed by atoms with van der Waals surface area (Å²) in [6.07, 6.45) is 7.08. The lowest BCUT2D eigenvalue weighted by molar-refractivity contribution is 0.0198. The lowest BCUT2D eigenvalue weighted by Gasteiger charge is -2.37. The first-order chi connectivity index (χ1) is 14.8. The quantitative estimate of drug-likeness (QED) is 0.375. The highest BCUT2D eigenvalue weighted by atomic mass is 16.5. The van der Waals surface area contributed by atoms with Gasteiger partial charge in [0.15, 0.2) is 0 Å². The second-order valence-electron chi connectivity index (χ2n) is 10.3. The summed E-state index contributed by atoms with van der Waals surface area (Å²) < 4.78 is 6.35. The first-order valence-electron chi connectivity index (χ1n) is 11.7. The number of aliphatic hydroxyl groups is 3. The molecule has 0 saturated carbocycles. The van der Waals surface area contributed by atoms with Gasteiger partial charge in [-0.25, -0.2) is 0 Å². The second kappa shape index (κ2) is 10.9. The van der Waals surface area contributed by atoms with Gasteiger partial charge in [-0.2, -0.15) is 0 Å². The van der Waals surface area contributed by atoms with Crippen LogP contribution in [0.2, 0.25) is 0 Å². The summed E-state index contributed by atoms with van der Waals surface area (Å²) in [7, 11) is 0. The van der Waals surface area contributed by atoms with Gasteiger partial charge in [-0.3, -0.25) is 0 Å². The minimum Gasteiger partial charge on any atom is -0.508 e. The Morgan fingerprint density at radius 2 is 1.91 bits per heavy atom. The predicted octanol–water partition coefficient (Wildman–Crippen LogP) is 5.12. The van der Waals surface area contributed by atoms with Crippen LogP contribution in [-0.4, -0.2) is 43.8 Å². The fourth-order valence-electron chi connectivity index (χ4n) is 4.43. The Hall–Kier alpha value is -1.82. The molecule has 1 aliphatic heterocycles. The highest BCUT2D eigenvalue weighted by Gasteiger charge is 2.33. The van der Waals surface area contributed by atoms with E-state index in [0.717, 1.165) is 48.1 Å². The van der Waals surface area contributed by atoms with Crippen LogP contribution in [-0.2, 0) is 6.42 Å². The smallest absolute Gasteiger partial charge is 0.126 e. The fraction of sp³-hybridized carbons (Fsp3) is 0.630. The number of aliphatic hydroxyl groups excluding tert-OH is 2. The third kappa shape index (κ3) is 7.65. The monoisotopic (exact) mass is 446 g/mol. The number of hydrogen-bond acceptors (Lipinski definition) is 5. The van der Waals surface area contributed by atoms with Crippen molar-refractivity contribution < 1.29 is 25.2 Å². The maximum atomic E-state index is 10.8. The molecule has 0 amide bonds. The first kappa shape index (κ1) is 26.4. The molecule has 0 unspecified atom stereocenters. The normalized spacial score (nSPS) is 22.3. The van der Waals surface area contributed by atoms with Gasteiger partial charge in [0, 0.05) is 0 Å². The summed E-state index contributed by atoms with van der Waals surface area (Å²) in [4.78, 5) is 0. The molecule has 0 saturated heterocycles. The van der Waals surface area contributed by atoms with E-state index in [-0.39, 0.29) is 11.4 Å². The summed E-state index contributed by atoms with van der Waals surface area (Å²) in [6.45, 7) is 11.5. The van der Waals surface area contributed by atoms with Crippen molar-refractivity contribution in [2.24, 2.45) is 0 Å². The maximum absolute atomic E-state index is 10.8. The number of phenols is 1. The van der Waals surface area contributed by atoms with E-state index in [1.165, 1.54) is 0 Å². The molecule has 4 N–H and O–H groups in total. The van der Waals surface area contributed by atoms with Crippen molar-refractivity contribution in [3.8, 4) is 11.5 Å². The highest BCUT2D eigenvalue weighted by molar-refractivity contribution is 5.47. The third-order valence-corrected chi connectivity index (χ3v) is 6.47. The molecule has 1 aromatic carbocycles. The topological polar surface area (TPSA) is 90.2 Å². The number of fused-ring (bicyclic) bond motifs is 1. The molecule has 4 atom stereocenters. The van der Waals surface area contributed by atoms with Crippen molar-refractivity contribution in [2.45, 2.75) is 110 Å². The first-order valence-corrected chi connectivity index (χ1v) is 11.7. The van der Waals surface area contributed by atoms with Crippen molar-refractivity contribution >= 4 is 0 Å². The van der Waals surface area contributed by atoms with Crippen LogP contribution in [0.15, 0.2) is 35.4 Å². The van der Waals surface area contributed by atoms with Crippen LogP contribution in [0.4, 0.5) is 0 Å². The summed E-state index contributed by atoms with van der Waals surface area (Å²) in [5, 5.41) is 40.9. The number of phenolic OH excluding ortho intramolecular Hbond substituents is 1. The standard InChI is InChI=1S/C27H42O5/c1-18(2)15-23(29)24(30)19(3)9-7-11-26(5,31)12-8-13-27(6)14-10-21-17-22(28)16-20(4)25(21)32-27/h9,15-17,23-24,28-31H,7-8,10-14H2,1-6H3/b19-9+/t23-,24+,26-,27-/m1/s1. The van der Waals surface area contributed by atoms with E-state index in [1.807, 2.05) is 40.7 Å². The number of hydrogen-bond donors (Lipinski definition) is 4. The molecule has 0 spiro atoms. The Labute approximate surface area is 193 Å². The van der Waals surface area contributed by atoms with Gasteiger partial charge >= 0.3 is 0 Å². The lowest BCUT2D eigenvalue weighted by atomic mass is 9.85. The van der Waals surface area contributed by atoms with E-state index in [2.05, 4.69) is 6.92 Å². The van der Waals surface area contributed by atoms with Gasteiger partial charge in [-0.1, -0.05) is 17.7 Å². The SMILES string of the molecule is CC(C)=C[C@@H](O)[C@@H](O)/C(C)=C/CC[C@@](C)(O)CCC[C@]1(C)CCc2cc(O)cc(C)c2O1. The van der Waals surface area contributed by atoms with Crippen molar-refractivity contribution in [2.75, 3.05) is 0 Å². The van der Waals surface area contributed by atoms with E-state index >= 15 is 0 Å². The van der Waals surface area contributed by atoms with Gasteiger partial charge in [-0.15, -0.1) is 0 Å². The molecule has 0 bridgehead atoms. The molecule has 32 heavy (non-hydrogen) atoms. The molecule has 2 rings (SSSR count). The van der Waals surface area contributed by atoms with E-state index in [4.69, 9.17) is 4.74 Å². The van der Waals surface area contributed by atoms with E-state index < -0.39 is 17.8 Å². The van der Waals surface area contributed by atoms with Crippen LogP contribution in [0.25, 0.3) is 0 Å². The van der Waals surface area contributed by atoms with Crippen molar-refractivity contribution in [3.05, 3.63) is 46.6 Å². The Balaban J connectivity index is 1.84. The lowest BCUT2D eigenvalue weighted by Crippen LogP contribution is -2.37. The van der Waals surface area contributed by atoms with Crippen LogP contribution in [0, 0.1) is 6.92 Å². The van der Waals surface area contributed by atoms with Gasteiger partial charge in [0.05, 0.1) is 5.60 Å². The molecule has 1 heterocycles. The van der Waals surface area contributed by atoms with Gasteiger partial charge in [0.25, 0.3) is 0 Å². The van der Waals surface area contributed by atoms with Gasteiger partial charge < -0.3 is 25.2 Å². The zero-order chi connectivity index (χ0) is 24.1. The molecule has 5 nitrogen and oxygen atoms in total. The van der Waals surface area contributed by atoms with Gasteiger partial charge in [0.2, 0.25) is 0 Å². The summed E-state index contributed by atoms with van der Waals surface area (Å²) in [5.41, 5.74) is 2.62. The predicted molar refractivity (Wildman–Crippen MR) is 129 cm³/mol. The molecule has 5 heteroatoms. The van der Waals surface area contributed by atoms with E-state index in [0.29, 0.717) is 24.8 Å². The molecule has 1 aromatic rings. The third-order valence-electron chi connectivity index (χ3n) is 6.47. The zero-order valence-electron chi connectivity index (χ0n) is 20.6. The molecule has 0 fully saturated rings. The minimum atomic E-state index is -0.925. The minimum absolute atomic E-state index is 0.271. The maximum Gasteiger partial charge on any atom is 0.126 e. The van der Waals surface area contributed by atoms with Crippen LogP contribution < -0.4 is 4.74 Å². The zero-order valence-corrected chi connectivity index (χ0v) is 20.6. The number of aryl methyl sites for hydroxylation is 2. The number of aromatic hydroxyl groups is 1. The Morgan fingerprint density at radius 1 is 1.22 bits per heavy atom. The molecule has 0 aromatic heterocycles. The van der Waals surface area contributed by atoms with Crippen LogP contribution in [0.1, 0.15) is 84.3 Å². The molecular weight excluding hydrogens is 404 g/mol. The molecule has 0 aliphatic carbocycles. The van der Waals surface area contributed by atoms with E-state index in [9.17, 15) is 20.4 Å². The Bertz CT molecular complexity index is 835. The molecule has 0 radical (unpaired) electrons. The number of ether oxygens (including phenoxy) is 1. The molecular formula is C27H42O5.